The highest BCUT2D eigenvalue weighted by Gasteiger charge is 2.20. The largest absolute Gasteiger partial charge is 0.354 e. The van der Waals surface area contributed by atoms with Gasteiger partial charge in [0.2, 0.25) is 0 Å². The van der Waals surface area contributed by atoms with Crippen molar-refractivity contribution in [1.29, 1.82) is 0 Å². The van der Waals surface area contributed by atoms with Crippen molar-refractivity contribution in [2.24, 2.45) is 0 Å². The van der Waals surface area contributed by atoms with Crippen molar-refractivity contribution in [3.8, 4) is 11.5 Å². The fourth-order valence-electron chi connectivity index (χ4n) is 3.99. The van der Waals surface area contributed by atoms with Crippen LogP contribution in [0, 0.1) is 0 Å². The molecule has 0 saturated carbocycles. The number of nitrogens with zero attached hydrogens (tertiary/aromatic N) is 6. The van der Waals surface area contributed by atoms with Crippen LogP contribution >= 0.6 is 0 Å². The Hall–Kier alpha value is -3.65. The Morgan fingerprint density at radius 2 is 1.78 bits per heavy atom. The molecule has 1 saturated heterocycles. The molecule has 1 aliphatic rings. The molecule has 0 spiro atoms. The number of fused-ring (bicyclic) bond motifs is 1. The summed E-state index contributed by atoms with van der Waals surface area (Å²) in [5, 5.41) is 0.625. The number of rotatable bonds is 5. The smallest absolute Gasteiger partial charge is 0.258 e. The molecule has 0 amide bonds. The summed E-state index contributed by atoms with van der Waals surface area (Å²) in [7, 11) is 0. The minimum absolute atomic E-state index is 0.0839. The minimum atomic E-state index is -0.0839. The monoisotopic (exact) mass is 427 g/mol. The Labute approximate surface area is 186 Å². The number of hydrogen-bond acceptors (Lipinski definition) is 7. The van der Waals surface area contributed by atoms with Crippen molar-refractivity contribution in [2.45, 2.75) is 19.9 Å². The van der Waals surface area contributed by atoms with E-state index in [4.69, 9.17) is 4.98 Å². The summed E-state index contributed by atoms with van der Waals surface area (Å²) in [4.78, 5) is 38.4. The number of H-pyrrole nitrogens is 1. The molecule has 1 fully saturated rings. The van der Waals surface area contributed by atoms with E-state index in [1.165, 1.54) is 0 Å². The van der Waals surface area contributed by atoms with E-state index in [-0.39, 0.29) is 5.56 Å². The van der Waals surface area contributed by atoms with Gasteiger partial charge in [-0.05, 0) is 30.7 Å². The second-order valence-corrected chi connectivity index (χ2v) is 7.90. The van der Waals surface area contributed by atoms with Crippen molar-refractivity contribution in [1.82, 2.24) is 29.8 Å². The number of para-hydroxylation sites is 1. The molecule has 5 rings (SSSR count). The summed E-state index contributed by atoms with van der Waals surface area (Å²) < 4.78 is 0. The third-order valence-corrected chi connectivity index (χ3v) is 5.75. The van der Waals surface area contributed by atoms with E-state index in [1.54, 1.807) is 12.3 Å². The van der Waals surface area contributed by atoms with Crippen LogP contribution < -0.4 is 10.5 Å². The number of anilines is 1. The van der Waals surface area contributed by atoms with Crippen LogP contribution in [0.1, 0.15) is 18.4 Å². The van der Waals surface area contributed by atoms with E-state index in [9.17, 15) is 4.79 Å². The van der Waals surface area contributed by atoms with Crippen LogP contribution in [0.5, 0.6) is 0 Å². The molecule has 1 N–H and O–H groups in total. The van der Waals surface area contributed by atoms with E-state index in [0.29, 0.717) is 23.6 Å². The summed E-state index contributed by atoms with van der Waals surface area (Å²) in [5.74, 6) is 2.31. The Morgan fingerprint density at radius 1 is 0.969 bits per heavy atom. The van der Waals surface area contributed by atoms with E-state index < -0.39 is 0 Å². The third kappa shape index (κ3) is 4.22. The highest BCUT2D eigenvalue weighted by molar-refractivity contribution is 5.77. The van der Waals surface area contributed by atoms with Crippen molar-refractivity contribution in [2.75, 3.05) is 31.1 Å². The second-order valence-electron chi connectivity index (χ2n) is 7.90. The highest BCUT2D eigenvalue weighted by Crippen LogP contribution is 2.21. The summed E-state index contributed by atoms with van der Waals surface area (Å²) in [6.07, 6.45) is 2.61. The number of hydrogen-bond donors (Lipinski definition) is 1. The maximum Gasteiger partial charge on any atom is 0.258 e. The lowest BCUT2D eigenvalue weighted by atomic mass is 10.2. The van der Waals surface area contributed by atoms with Crippen LogP contribution in [0.2, 0.25) is 0 Å². The second kappa shape index (κ2) is 8.84. The van der Waals surface area contributed by atoms with Gasteiger partial charge in [-0.25, -0.2) is 15.0 Å². The molecule has 4 aromatic rings. The predicted molar refractivity (Wildman–Crippen MR) is 124 cm³/mol. The topological polar surface area (TPSA) is 90.9 Å². The van der Waals surface area contributed by atoms with Crippen molar-refractivity contribution >= 4 is 16.7 Å². The zero-order valence-electron chi connectivity index (χ0n) is 18.0. The third-order valence-electron chi connectivity index (χ3n) is 5.75. The SMILES string of the molecule is CCc1cc(N2CCN(Cc3nc4ccccc4c(=O)[nH]3)CC2)nc(-c2ccccn2)n1. The molecule has 3 aromatic heterocycles. The van der Waals surface area contributed by atoms with Gasteiger partial charge < -0.3 is 9.88 Å². The van der Waals surface area contributed by atoms with Gasteiger partial charge in [0.15, 0.2) is 5.82 Å². The lowest BCUT2D eigenvalue weighted by molar-refractivity contribution is 0.243. The van der Waals surface area contributed by atoms with Gasteiger partial charge in [0, 0.05) is 44.1 Å². The molecule has 1 aromatic carbocycles. The van der Waals surface area contributed by atoms with Gasteiger partial charge in [0.1, 0.15) is 17.3 Å². The first-order chi connectivity index (χ1) is 15.7. The van der Waals surface area contributed by atoms with E-state index in [2.05, 4.69) is 42.7 Å². The highest BCUT2D eigenvalue weighted by atomic mass is 16.1. The molecule has 8 heteroatoms. The normalized spacial score (nSPS) is 14.7. The molecular weight excluding hydrogens is 402 g/mol. The van der Waals surface area contributed by atoms with Crippen LogP contribution in [0.4, 0.5) is 5.82 Å². The zero-order chi connectivity index (χ0) is 21.9. The van der Waals surface area contributed by atoms with Crippen LogP contribution in [0.25, 0.3) is 22.4 Å². The summed E-state index contributed by atoms with van der Waals surface area (Å²) in [6, 6.07) is 15.3. The Morgan fingerprint density at radius 3 is 2.56 bits per heavy atom. The maximum atomic E-state index is 12.3. The van der Waals surface area contributed by atoms with Gasteiger partial charge in [-0.1, -0.05) is 25.1 Å². The molecule has 0 radical (unpaired) electrons. The van der Waals surface area contributed by atoms with E-state index >= 15 is 0 Å². The molecule has 162 valence electrons. The predicted octanol–water partition coefficient (Wildman–Crippen LogP) is 2.66. The van der Waals surface area contributed by atoms with Gasteiger partial charge >= 0.3 is 0 Å². The maximum absolute atomic E-state index is 12.3. The number of nitrogens with one attached hydrogen (secondary N) is 1. The number of aromatic nitrogens is 5. The van der Waals surface area contributed by atoms with Crippen LogP contribution in [0.15, 0.2) is 59.5 Å². The lowest BCUT2D eigenvalue weighted by Gasteiger charge is -2.35. The fraction of sp³-hybridized carbons (Fsp3) is 0.292. The van der Waals surface area contributed by atoms with E-state index in [0.717, 1.165) is 55.3 Å². The molecule has 32 heavy (non-hydrogen) atoms. The zero-order valence-corrected chi connectivity index (χ0v) is 18.0. The first-order valence-corrected chi connectivity index (χ1v) is 10.9. The van der Waals surface area contributed by atoms with Crippen LogP contribution in [-0.4, -0.2) is 56.0 Å². The quantitative estimate of drug-likeness (QED) is 0.524. The summed E-state index contributed by atoms with van der Waals surface area (Å²) >= 11 is 0. The van der Waals surface area contributed by atoms with Crippen LogP contribution in [0.3, 0.4) is 0 Å². The average Bonchev–Trinajstić information content (AvgIpc) is 2.85. The van der Waals surface area contributed by atoms with Gasteiger partial charge in [-0.2, -0.15) is 0 Å². The first kappa shape index (κ1) is 20.3. The Bertz CT molecular complexity index is 1280. The van der Waals surface area contributed by atoms with Gasteiger partial charge in [0.25, 0.3) is 5.56 Å². The van der Waals surface area contributed by atoms with Gasteiger partial charge in [-0.15, -0.1) is 0 Å². The first-order valence-electron chi connectivity index (χ1n) is 10.9. The fourth-order valence-corrected chi connectivity index (χ4v) is 3.99. The number of pyridine rings is 1. The number of benzene rings is 1. The molecule has 4 heterocycles. The average molecular weight is 428 g/mol. The lowest BCUT2D eigenvalue weighted by Crippen LogP contribution is -2.46. The molecule has 0 unspecified atom stereocenters. The molecule has 8 nitrogen and oxygen atoms in total. The number of piperazine rings is 1. The van der Waals surface area contributed by atoms with Gasteiger partial charge in [-0.3, -0.25) is 14.7 Å². The van der Waals surface area contributed by atoms with Crippen LogP contribution in [-0.2, 0) is 13.0 Å². The summed E-state index contributed by atoms with van der Waals surface area (Å²) in [6.45, 7) is 6.14. The summed E-state index contributed by atoms with van der Waals surface area (Å²) in [5.41, 5.74) is 2.45. The van der Waals surface area contributed by atoms with Crippen molar-refractivity contribution < 1.29 is 0 Å². The van der Waals surface area contributed by atoms with Crippen molar-refractivity contribution in [3.05, 3.63) is 76.6 Å². The number of aromatic amines is 1. The molecular formula is C24H25N7O. The Balaban J connectivity index is 1.30. The number of aryl methyl sites for hydroxylation is 1. The molecule has 0 atom stereocenters. The Kier molecular flexibility index (Phi) is 5.60. The van der Waals surface area contributed by atoms with Gasteiger partial charge in [0.05, 0.1) is 17.4 Å². The van der Waals surface area contributed by atoms with E-state index in [1.807, 2.05) is 36.4 Å². The molecule has 0 aliphatic carbocycles. The van der Waals surface area contributed by atoms with Crippen molar-refractivity contribution in [3.63, 3.8) is 0 Å². The standard InChI is InChI=1S/C24H25N7O/c1-2-17-15-22(29-23(26-17)20-9-5-6-10-25-20)31-13-11-30(12-14-31)16-21-27-19-8-4-3-7-18(19)24(32)28-21/h3-10,15H,2,11-14,16H2,1H3,(H,27,28,32). The molecule has 0 bridgehead atoms. The minimum Gasteiger partial charge on any atom is -0.354 e. The molecule has 1 aliphatic heterocycles.